The molecule has 0 aliphatic heterocycles. The number of fused-ring (bicyclic) bond motifs is 1. The number of amides is 1. The molecule has 0 atom stereocenters. The summed E-state index contributed by atoms with van der Waals surface area (Å²) in [6.45, 7) is 6.09. The quantitative estimate of drug-likeness (QED) is 0.737. The lowest BCUT2D eigenvalue weighted by atomic mass is 10.1. The molecule has 0 aliphatic carbocycles. The molecule has 0 aromatic carbocycles. The number of hydrogen-bond acceptors (Lipinski definition) is 4. The van der Waals surface area contributed by atoms with Gasteiger partial charge >= 0.3 is 0 Å². The standard InChI is InChI=1S/C17H19FN4O2/c1-10(2)13-8-12(24-20-13)9-21(4)17(23)15-16(18)22-6-5-11(3)7-14(22)19-15/h5-8,10H,9H2,1-4H3. The molecule has 0 saturated carbocycles. The Labute approximate surface area is 138 Å². The third-order valence-electron chi connectivity index (χ3n) is 3.83. The van der Waals surface area contributed by atoms with Crippen LogP contribution >= 0.6 is 0 Å². The van der Waals surface area contributed by atoms with Gasteiger partial charge in [-0.05, 0) is 30.5 Å². The van der Waals surface area contributed by atoms with Gasteiger partial charge in [0.15, 0.2) is 11.5 Å². The van der Waals surface area contributed by atoms with Gasteiger partial charge in [-0.25, -0.2) is 4.98 Å². The largest absolute Gasteiger partial charge is 0.359 e. The Morgan fingerprint density at radius 2 is 2.17 bits per heavy atom. The number of aromatic nitrogens is 3. The van der Waals surface area contributed by atoms with Crippen LogP contribution in [-0.2, 0) is 6.54 Å². The number of carbonyl (C=O) groups is 1. The molecule has 0 bridgehead atoms. The Morgan fingerprint density at radius 3 is 2.83 bits per heavy atom. The summed E-state index contributed by atoms with van der Waals surface area (Å²) < 4.78 is 20.9. The van der Waals surface area contributed by atoms with Crippen molar-refractivity contribution in [2.45, 2.75) is 33.2 Å². The van der Waals surface area contributed by atoms with Gasteiger partial charge in [-0.1, -0.05) is 19.0 Å². The van der Waals surface area contributed by atoms with Crippen molar-refractivity contribution in [1.82, 2.24) is 19.4 Å². The summed E-state index contributed by atoms with van der Waals surface area (Å²) in [7, 11) is 1.58. The molecular formula is C17H19FN4O2. The molecule has 6 nitrogen and oxygen atoms in total. The summed E-state index contributed by atoms with van der Waals surface area (Å²) in [5.41, 5.74) is 1.97. The van der Waals surface area contributed by atoms with Crippen LogP contribution in [0.2, 0.25) is 0 Å². The fourth-order valence-electron chi connectivity index (χ4n) is 2.41. The predicted molar refractivity (Wildman–Crippen MR) is 86.3 cm³/mol. The van der Waals surface area contributed by atoms with Crippen molar-refractivity contribution in [3.63, 3.8) is 0 Å². The maximum atomic E-state index is 14.4. The van der Waals surface area contributed by atoms with E-state index in [0.29, 0.717) is 11.4 Å². The Morgan fingerprint density at radius 1 is 1.42 bits per heavy atom. The van der Waals surface area contributed by atoms with E-state index in [4.69, 9.17) is 4.52 Å². The Hall–Kier alpha value is -2.70. The highest BCUT2D eigenvalue weighted by Gasteiger charge is 2.23. The molecule has 3 heterocycles. The zero-order valence-electron chi connectivity index (χ0n) is 14.1. The molecule has 1 amide bonds. The molecule has 0 radical (unpaired) electrons. The van der Waals surface area contributed by atoms with Gasteiger partial charge < -0.3 is 9.42 Å². The van der Waals surface area contributed by atoms with E-state index >= 15 is 0 Å². The number of nitrogens with zero attached hydrogens (tertiary/aromatic N) is 4. The minimum Gasteiger partial charge on any atom is -0.359 e. The van der Waals surface area contributed by atoms with E-state index in [1.54, 1.807) is 31.4 Å². The minimum absolute atomic E-state index is 0.199. The van der Waals surface area contributed by atoms with E-state index in [1.165, 1.54) is 9.30 Å². The van der Waals surface area contributed by atoms with Crippen molar-refractivity contribution < 1.29 is 13.7 Å². The van der Waals surface area contributed by atoms with Crippen LogP contribution in [-0.4, -0.2) is 32.4 Å². The zero-order valence-corrected chi connectivity index (χ0v) is 14.1. The van der Waals surface area contributed by atoms with Crippen molar-refractivity contribution in [2.75, 3.05) is 7.05 Å². The van der Waals surface area contributed by atoms with Crippen molar-refractivity contribution in [3.8, 4) is 0 Å². The van der Waals surface area contributed by atoms with Crippen molar-refractivity contribution >= 4 is 11.6 Å². The van der Waals surface area contributed by atoms with Gasteiger partial charge in [-0.3, -0.25) is 9.20 Å². The molecule has 3 aromatic rings. The summed E-state index contributed by atoms with van der Waals surface area (Å²) in [6, 6.07) is 5.29. The first kappa shape index (κ1) is 16.2. The SMILES string of the molecule is Cc1ccn2c(F)c(C(=O)N(C)Cc3cc(C(C)C)no3)nc2c1. The predicted octanol–water partition coefficient (Wildman–Crippen LogP) is 3.17. The van der Waals surface area contributed by atoms with E-state index in [-0.39, 0.29) is 18.2 Å². The number of aryl methyl sites for hydroxylation is 1. The van der Waals surface area contributed by atoms with Crippen LogP contribution in [0.4, 0.5) is 4.39 Å². The highest BCUT2D eigenvalue weighted by molar-refractivity contribution is 5.93. The molecule has 0 fully saturated rings. The van der Waals surface area contributed by atoms with Crippen LogP contribution in [0.3, 0.4) is 0 Å². The van der Waals surface area contributed by atoms with Crippen molar-refractivity contribution in [3.05, 3.63) is 53.1 Å². The third-order valence-corrected chi connectivity index (χ3v) is 3.83. The first-order valence-electron chi connectivity index (χ1n) is 7.72. The van der Waals surface area contributed by atoms with Crippen molar-refractivity contribution in [1.29, 1.82) is 0 Å². The van der Waals surface area contributed by atoms with Crippen LogP contribution in [0, 0.1) is 12.9 Å². The lowest BCUT2D eigenvalue weighted by Crippen LogP contribution is -2.27. The fraction of sp³-hybridized carbons (Fsp3) is 0.353. The first-order chi connectivity index (χ1) is 11.4. The Kier molecular flexibility index (Phi) is 4.09. The smallest absolute Gasteiger partial charge is 0.277 e. The van der Waals surface area contributed by atoms with E-state index in [9.17, 15) is 9.18 Å². The Balaban J connectivity index is 1.83. The fourth-order valence-corrected chi connectivity index (χ4v) is 2.41. The van der Waals surface area contributed by atoms with Gasteiger partial charge in [0.05, 0.1) is 12.2 Å². The Bertz CT molecular complexity index is 897. The molecule has 0 aliphatic rings. The first-order valence-corrected chi connectivity index (χ1v) is 7.72. The number of carbonyl (C=O) groups excluding carboxylic acids is 1. The lowest BCUT2D eigenvalue weighted by Gasteiger charge is -2.13. The maximum absolute atomic E-state index is 14.4. The maximum Gasteiger partial charge on any atom is 0.277 e. The van der Waals surface area contributed by atoms with Gasteiger partial charge in [0.2, 0.25) is 5.95 Å². The van der Waals surface area contributed by atoms with Crippen LogP contribution in [0.15, 0.2) is 28.9 Å². The van der Waals surface area contributed by atoms with Crippen molar-refractivity contribution in [2.24, 2.45) is 0 Å². The average Bonchev–Trinajstić information content (AvgIpc) is 3.11. The highest BCUT2D eigenvalue weighted by atomic mass is 19.1. The molecule has 126 valence electrons. The summed E-state index contributed by atoms with van der Waals surface area (Å²) >= 11 is 0. The van der Waals surface area contributed by atoms with Gasteiger partial charge in [0, 0.05) is 19.3 Å². The average molecular weight is 330 g/mol. The molecular weight excluding hydrogens is 311 g/mol. The second-order valence-corrected chi connectivity index (χ2v) is 6.22. The van der Waals surface area contributed by atoms with Gasteiger partial charge in [-0.15, -0.1) is 0 Å². The molecule has 0 unspecified atom stereocenters. The minimum atomic E-state index is -0.665. The summed E-state index contributed by atoms with van der Waals surface area (Å²) in [5.74, 6) is -0.379. The number of halogens is 1. The summed E-state index contributed by atoms with van der Waals surface area (Å²) in [6.07, 6.45) is 1.56. The molecule has 0 spiro atoms. The molecule has 3 aromatic heterocycles. The molecule has 3 rings (SSSR count). The van der Waals surface area contributed by atoms with E-state index in [2.05, 4.69) is 10.1 Å². The van der Waals surface area contributed by atoms with E-state index < -0.39 is 11.9 Å². The van der Waals surface area contributed by atoms with Crippen LogP contribution < -0.4 is 0 Å². The lowest BCUT2D eigenvalue weighted by molar-refractivity contribution is 0.0761. The number of pyridine rings is 1. The third kappa shape index (κ3) is 2.89. The molecule has 24 heavy (non-hydrogen) atoms. The summed E-state index contributed by atoms with van der Waals surface area (Å²) in [4.78, 5) is 18.0. The van der Waals surface area contributed by atoms with Gasteiger partial charge in [0.1, 0.15) is 5.65 Å². The normalized spacial score (nSPS) is 11.4. The van der Waals surface area contributed by atoms with Gasteiger partial charge in [-0.2, -0.15) is 4.39 Å². The topological polar surface area (TPSA) is 63.6 Å². The highest BCUT2D eigenvalue weighted by Crippen LogP contribution is 2.17. The molecule has 7 heteroatoms. The second-order valence-electron chi connectivity index (χ2n) is 6.22. The zero-order chi connectivity index (χ0) is 17.4. The monoisotopic (exact) mass is 330 g/mol. The molecule has 0 N–H and O–H groups in total. The second kappa shape index (κ2) is 6.07. The van der Waals surface area contributed by atoms with E-state index in [1.807, 2.05) is 20.8 Å². The summed E-state index contributed by atoms with van der Waals surface area (Å²) in [5, 5.41) is 3.96. The number of rotatable bonds is 4. The number of imidazole rings is 1. The molecule has 0 saturated heterocycles. The van der Waals surface area contributed by atoms with Crippen LogP contribution in [0.25, 0.3) is 5.65 Å². The van der Waals surface area contributed by atoms with E-state index in [0.717, 1.165) is 11.3 Å². The van der Waals surface area contributed by atoms with Gasteiger partial charge in [0.25, 0.3) is 5.91 Å². The van der Waals surface area contributed by atoms with Crippen LogP contribution in [0.1, 0.15) is 47.3 Å². The number of hydrogen-bond donors (Lipinski definition) is 0. The van der Waals surface area contributed by atoms with Crippen LogP contribution in [0.5, 0.6) is 0 Å².